The zero-order chi connectivity index (χ0) is 17.8. The van der Waals surface area contributed by atoms with Crippen molar-refractivity contribution in [1.82, 2.24) is 10.3 Å². The number of nitrogens with zero attached hydrogens (tertiary/aromatic N) is 2. The van der Waals surface area contributed by atoms with Gasteiger partial charge in [0.1, 0.15) is 5.82 Å². The van der Waals surface area contributed by atoms with E-state index in [-0.39, 0.29) is 5.91 Å². The standard InChI is InChI=1S/C20H25N3O2S/c24-20(18-12-16-4-2-1-3-5-17(16)26-18)22-14-15-6-7-19(21-13-15)23-8-10-25-11-9-23/h6-7,12-13H,1-5,8-11,14H2,(H,22,24). The van der Waals surface area contributed by atoms with Crippen LogP contribution < -0.4 is 10.2 Å². The predicted octanol–water partition coefficient (Wildman–Crippen LogP) is 3.18. The summed E-state index contributed by atoms with van der Waals surface area (Å²) >= 11 is 1.67. The van der Waals surface area contributed by atoms with Crippen LogP contribution in [0.4, 0.5) is 5.82 Å². The van der Waals surface area contributed by atoms with Crippen LogP contribution in [0.3, 0.4) is 0 Å². The summed E-state index contributed by atoms with van der Waals surface area (Å²) in [6, 6.07) is 6.17. The van der Waals surface area contributed by atoms with E-state index in [9.17, 15) is 4.79 Å². The second-order valence-corrected chi connectivity index (χ2v) is 8.06. The highest BCUT2D eigenvalue weighted by Gasteiger charge is 2.16. The number of pyridine rings is 1. The van der Waals surface area contributed by atoms with Gasteiger partial charge < -0.3 is 15.0 Å². The number of rotatable bonds is 4. The van der Waals surface area contributed by atoms with Crippen LogP contribution in [0.1, 0.15) is 44.9 Å². The Bertz CT molecular complexity index is 727. The van der Waals surface area contributed by atoms with Crippen LogP contribution in [0.15, 0.2) is 24.4 Å². The Morgan fingerprint density at radius 1 is 1.19 bits per heavy atom. The number of aromatic nitrogens is 1. The van der Waals surface area contributed by atoms with Gasteiger partial charge in [0.25, 0.3) is 5.91 Å². The van der Waals surface area contributed by atoms with Crippen molar-refractivity contribution in [1.29, 1.82) is 0 Å². The van der Waals surface area contributed by atoms with E-state index in [1.165, 1.54) is 29.7 Å². The minimum atomic E-state index is 0.0281. The number of hydrogen-bond acceptors (Lipinski definition) is 5. The molecular formula is C20H25N3O2S. The lowest BCUT2D eigenvalue weighted by Crippen LogP contribution is -2.36. The van der Waals surface area contributed by atoms with Crippen molar-refractivity contribution in [2.24, 2.45) is 0 Å². The second kappa shape index (κ2) is 8.18. The smallest absolute Gasteiger partial charge is 0.261 e. The van der Waals surface area contributed by atoms with Gasteiger partial charge in [0.2, 0.25) is 0 Å². The highest BCUT2D eigenvalue weighted by atomic mass is 32.1. The summed E-state index contributed by atoms with van der Waals surface area (Å²) in [6.07, 6.45) is 7.89. The molecule has 26 heavy (non-hydrogen) atoms. The number of carbonyl (C=O) groups excluding carboxylic acids is 1. The molecular weight excluding hydrogens is 346 g/mol. The molecule has 2 aromatic heterocycles. The summed E-state index contributed by atoms with van der Waals surface area (Å²) < 4.78 is 5.37. The summed E-state index contributed by atoms with van der Waals surface area (Å²) in [5.41, 5.74) is 2.41. The lowest BCUT2D eigenvalue weighted by molar-refractivity contribution is 0.0955. The van der Waals surface area contributed by atoms with Crippen LogP contribution in [0.25, 0.3) is 0 Å². The quantitative estimate of drug-likeness (QED) is 0.839. The highest BCUT2D eigenvalue weighted by Crippen LogP contribution is 2.29. The second-order valence-electron chi connectivity index (χ2n) is 6.93. The Morgan fingerprint density at radius 2 is 2.04 bits per heavy atom. The Labute approximate surface area is 158 Å². The Kier molecular flexibility index (Phi) is 5.51. The number of aryl methyl sites for hydroxylation is 2. The maximum Gasteiger partial charge on any atom is 0.261 e. The minimum Gasteiger partial charge on any atom is -0.378 e. The summed E-state index contributed by atoms with van der Waals surface area (Å²) in [5, 5.41) is 3.04. The number of thiophene rings is 1. The molecule has 2 aromatic rings. The molecule has 4 rings (SSSR count). The van der Waals surface area contributed by atoms with Crippen LogP contribution in [-0.2, 0) is 24.1 Å². The first-order valence-corrected chi connectivity index (χ1v) is 10.3. The summed E-state index contributed by atoms with van der Waals surface area (Å²) in [4.78, 5) is 21.5. The van der Waals surface area contributed by atoms with E-state index >= 15 is 0 Å². The van der Waals surface area contributed by atoms with Crippen molar-refractivity contribution in [3.8, 4) is 0 Å². The van der Waals surface area contributed by atoms with Crippen LogP contribution in [0, 0.1) is 0 Å². The SMILES string of the molecule is O=C(NCc1ccc(N2CCOCC2)nc1)c1cc2c(s1)CCCCC2. The number of nitrogens with one attached hydrogen (secondary N) is 1. The van der Waals surface area contributed by atoms with Crippen LogP contribution >= 0.6 is 11.3 Å². The lowest BCUT2D eigenvalue weighted by Gasteiger charge is -2.27. The molecule has 1 N–H and O–H groups in total. The van der Waals surface area contributed by atoms with E-state index in [1.54, 1.807) is 11.3 Å². The minimum absolute atomic E-state index is 0.0281. The van der Waals surface area contributed by atoms with Gasteiger partial charge in [-0.25, -0.2) is 4.98 Å². The van der Waals surface area contributed by atoms with Crippen molar-refractivity contribution in [2.75, 3.05) is 31.2 Å². The van der Waals surface area contributed by atoms with Crippen LogP contribution in [0.2, 0.25) is 0 Å². The van der Waals surface area contributed by atoms with Gasteiger partial charge in [-0.1, -0.05) is 12.5 Å². The van der Waals surface area contributed by atoms with Crippen molar-refractivity contribution in [2.45, 2.75) is 38.6 Å². The van der Waals surface area contributed by atoms with E-state index in [2.05, 4.69) is 21.3 Å². The molecule has 1 amide bonds. The molecule has 5 nitrogen and oxygen atoms in total. The van der Waals surface area contributed by atoms with Gasteiger partial charge in [0.05, 0.1) is 18.1 Å². The van der Waals surface area contributed by atoms with Gasteiger partial charge in [-0.15, -0.1) is 11.3 Å². The fraction of sp³-hybridized carbons (Fsp3) is 0.500. The fourth-order valence-electron chi connectivity index (χ4n) is 3.55. The largest absolute Gasteiger partial charge is 0.378 e. The molecule has 0 atom stereocenters. The molecule has 1 fully saturated rings. The lowest BCUT2D eigenvalue weighted by atomic mass is 10.1. The Hall–Kier alpha value is -1.92. The first-order valence-electron chi connectivity index (χ1n) is 9.47. The third-order valence-electron chi connectivity index (χ3n) is 5.07. The third kappa shape index (κ3) is 4.07. The molecule has 0 aromatic carbocycles. The Morgan fingerprint density at radius 3 is 2.85 bits per heavy atom. The molecule has 138 valence electrons. The van der Waals surface area contributed by atoms with Crippen LogP contribution in [-0.4, -0.2) is 37.2 Å². The summed E-state index contributed by atoms with van der Waals surface area (Å²) in [5.74, 6) is 1.01. The fourth-order valence-corrected chi connectivity index (χ4v) is 4.72. The highest BCUT2D eigenvalue weighted by molar-refractivity contribution is 7.14. The first-order chi connectivity index (χ1) is 12.8. The van der Waals surface area contributed by atoms with Crippen molar-refractivity contribution >= 4 is 23.1 Å². The molecule has 1 aliphatic carbocycles. The molecule has 0 bridgehead atoms. The molecule has 1 aliphatic heterocycles. The molecule has 0 unspecified atom stereocenters. The van der Waals surface area contributed by atoms with Gasteiger partial charge in [-0.3, -0.25) is 4.79 Å². The number of anilines is 1. The monoisotopic (exact) mass is 371 g/mol. The van der Waals surface area contributed by atoms with E-state index in [4.69, 9.17) is 4.74 Å². The first kappa shape index (κ1) is 17.5. The number of ether oxygens (including phenoxy) is 1. The normalized spacial score (nSPS) is 17.5. The Balaban J connectivity index is 1.34. The molecule has 3 heterocycles. The third-order valence-corrected chi connectivity index (χ3v) is 6.30. The van der Waals surface area contributed by atoms with Gasteiger partial charge >= 0.3 is 0 Å². The number of fused-ring (bicyclic) bond motifs is 1. The molecule has 0 radical (unpaired) electrons. The molecule has 0 saturated carbocycles. The van der Waals surface area contributed by atoms with Gasteiger partial charge in [-0.2, -0.15) is 0 Å². The van der Waals surface area contributed by atoms with E-state index in [1.807, 2.05) is 18.3 Å². The summed E-state index contributed by atoms with van der Waals surface area (Å²) in [7, 11) is 0. The van der Waals surface area contributed by atoms with Gasteiger partial charge in [-0.05, 0) is 48.9 Å². The molecule has 0 spiro atoms. The van der Waals surface area contributed by atoms with E-state index in [0.29, 0.717) is 6.54 Å². The molecule has 2 aliphatic rings. The van der Waals surface area contributed by atoms with E-state index in [0.717, 1.165) is 55.4 Å². The van der Waals surface area contributed by atoms with E-state index < -0.39 is 0 Å². The van der Waals surface area contributed by atoms with Crippen molar-refractivity contribution < 1.29 is 9.53 Å². The number of carbonyl (C=O) groups is 1. The number of hydrogen-bond donors (Lipinski definition) is 1. The van der Waals surface area contributed by atoms with Crippen molar-refractivity contribution in [3.63, 3.8) is 0 Å². The average Bonchev–Trinajstić information content (AvgIpc) is 2.98. The van der Waals surface area contributed by atoms with Crippen LogP contribution in [0.5, 0.6) is 0 Å². The zero-order valence-corrected chi connectivity index (χ0v) is 15.8. The number of morpholine rings is 1. The maximum absolute atomic E-state index is 12.5. The number of amides is 1. The predicted molar refractivity (Wildman–Crippen MR) is 104 cm³/mol. The molecule has 1 saturated heterocycles. The summed E-state index contributed by atoms with van der Waals surface area (Å²) in [6.45, 7) is 3.78. The topological polar surface area (TPSA) is 54.5 Å². The van der Waals surface area contributed by atoms with Gasteiger partial charge in [0, 0.05) is 30.7 Å². The molecule has 6 heteroatoms. The van der Waals surface area contributed by atoms with Crippen molar-refractivity contribution in [3.05, 3.63) is 45.3 Å². The average molecular weight is 372 g/mol. The van der Waals surface area contributed by atoms with Gasteiger partial charge in [0.15, 0.2) is 0 Å². The zero-order valence-electron chi connectivity index (χ0n) is 15.0. The maximum atomic E-state index is 12.5.